The maximum absolute atomic E-state index is 12.6. The number of nitrogens with two attached hydrogens (primary N) is 1. The fourth-order valence-corrected chi connectivity index (χ4v) is 2.66. The molecule has 0 spiro atoms. The van der Waals surface area contributed by atoms with Gasteiger partial charge in [0.25, 0.3) is 0 Å². The third kappa shape index (κ3) is 5.15. The average molecular weight is 386 g/mol. The van der Waals surface area contributed by atoms with E-state index in [0.29, 0.717) is 11.3 Å². The van der Waals surface area contributed by atoms with Crippen LogP contribution < -0.4 is 5.73 Å². The van der Waals surface area contributed by atoms with Gasteiger partial charge in [-0.2, -0.15) is 0 Å². The van der Waals surface area contributed by atoms with Gasteiger partial charge in [-0.3, -0.25) is 4.98 Å². The van der Waals surface area contributed by atoms with E-state index in [4.69, 9.17) is 15.2 Å². The van der Waals surface area contributed by atoms with Crippen molar-refractivity contribution in [1.82, 2.24) is 4.98 Å². The Morgan fingerprint density at radius 1 is 1.07 bits per heavy atom. The highest BCUT2D eigenvalue weighted by molar-refractivity contribution is 6.05. The SMILES string of the molecule is COC(=O)C(N)(Cc1ccc(-c2ccnc(CO)c2)cc1)C(=O)OC(C)(C)C. The Balaban J connectivity index is 2.27. The van der Waals surface area contributed by atoms with E-state index in [1.165, 1.54) is 7.11 Å². The minimum atomic E-state index is -1.94. The first-order valence-electron chi connectivity index (χ1n) is 8.85. The van der Waals surface area contributed by atoms with E-state index >= 15 is 0 Å². The van der Waals surface area contributed by atoms with Crippen molar-refractivity contribution in [3.05, 3.63) is 53.9 Å². The van der Waals surface area contributed by atoms with Crippen molar-refractivity contribution in [3.8, 4) is 11.1 Å². The fourth-order valence-electron chi connectivity index (χ4n) is 2.66. The van der Waals surface area contributed by atoms with E-state index in [2.05, 4.69) is 4.98 Å². The normalized spacial score (nSPS) is 13.5. The summed E-state index contributed by atoms with van der Waals surface area (Å²) < 4.78 is 10.1. The molecule has 0 aliphatic rings. The zero-order chi connectivity index (χ0) is 20.9. The molecule has 1 unspecified atom stereocenters. The van der Waals surface area contributed by atoms with Gasteiger partial charge in [0.1, 0.15) is 5.60 Å². The molecule has 0 saturated heterocycles. The number of hydrogen-bond acceptors (Lipinski definition) is 7. The number of carbonyl (C=O) groups excluding carboxylic acids is 2. The largest absolute Gasteiger partial charge is 0.467 e. The summed E-state index contributed by atoms with van der Waals surface area (Å²) in [5.41, 5.74) is 6.45. The highest BCUT2D eigenvalue weighted by Gasteiger charge is 2.46. The van der Waals surface area contributed by atoms with Gasteiger partial charge in [-0.05, 0) is 49.6 Å². The lowest BCUT2D eigenvalue weighted by molar-refractivity contribution is -0.170. The number of ether oxygens (including phenoxy) is 2. The Kier molecular flexibility index (Phi) is 6.53. The lowest BCUT2D eigenvalue weighted by Crippen LogP contribution is -2.59. The van der Waals surface area contributed by atoms with E-state index in [-0.39, 0.29) is 13.0 Å². The summed E-state index contributed by atoms with van der Waals surface area (Å²) >= 11 is 0. The van der Waals surface area contributed by atoms with Gasteiger partial charge in [-0.15, -0.1) is 0 Å². The number of carbonyl (C=O) groups is 2. The fraction of sp³-hybridized carbons (Fsp3) is 0.381. The second-order valence-electron chi connectivity index (χ2n) is 7.53. The highest BCUT2D eigenvalue weighted by Crippen LogP contribution is 2.23. The predicted octanol–water partition coefficient (Wildman–Crippen LogP) is 2.00. The van der Waals surface area contributed by atoms with Crippen LogP contribution >= 0.6 is 0 Å². The molecule has 0 aliphatic heterocycles. The summed E-state index contributed by atoms with van der Waals surface area (Å²) in [5.74, 6) is -1.69. The smallest absolute Gasteiger partial charge is 0.338 e. The summed E-state index contributed by atoms with van der Waals surface area (Å²) in [7, 11) is 1.18. The van der Waals surface area contributed by atoms with Crippen molar-refractivity contribution in [1.29, 1.82) is 0 Å². The van der Waals surface area contributed by atoms with Gasteiger partial charge in [-0.25, -0.2) is 9.59 Å². The summed E-state index contributed by atoms with van der Waals surface area (Å²) in [4.78, 5) is 28.9. The summed E-state index contributed by atoms with van der Waals surface area (Å²) in [5, 5.41) is 9.22. The van der Waals surface area contributed by atoms with Crippen molar-refractivity contribution >= 4 is 11.9 Å². The van der Waals surface area contributed by atoms with E-state index in [1.807, 2.05) is 18.2 Å². The first kappa shape index (κ1) is 21.5. The molecule has 150 valence electrons. The number of esters is 2. The molecule has 0 aliphatic carbocycles. The van der Waals surface area contributed by atoms with Crippen LogP contribution in [0.2, 0.25) is 0 Å². The number of methoxy groups -OCH3 is 1. The molecular formula is C21H26N2O5. The van der Waals surface area contributed by atoms with Gasteiger partial charge in [-0.1, -0.05) is 24.3 Å². The number of pyridine rings is 1. The molecule has 0 amide bonds. The maximum Gasteiger partial charge on any atom is 0.338 e. The standard InChI is InChI=1S/C21H26N2O5/c1-20(2,3)28-19(26)21(22,18(25)27-4)12-14-5-7-15(8-6-14)16-9-10-23-17(11-16)13-24/h5-11,24H,12-13,22H2,1-4H3. The van der Waals surface area contributed by atoms with Gasteiger partial charge >= 0.3 is 11.9 Å². The molecule has 28 heavy (non-hydrogen) atoms. The Labute approximate surface area is 164 Å². The molecule has 2 aromatic rings. The quantitative estimate of drug-likeness (QED) is 0.577. The van der Waals surface area contributed by atoms with Gasteiger partial charge in [0.15, 0.2) is 0 Å². The topological polar surface area (TPSA) is 112 Å². The number of nitrogens with zero attached hydrogens (tertiary/aromatic N) is 1. The van der Waals surface area contributed by atoms with Crippen LogP contribution in [0.15, 0.2) is 42.6 Å². The molecule has 2 rings (SSSR count). The third-order valence-electron chi connectivity index (χ3n) is 4.06. The van der Waals surface area contributed by atoms with Gasteiger partial charge in [0, 0.05) is 12.6 Å². The van der Waals surface area contributed by atoms with E-state index in [9.17, 15) is 14.7 Å². The number of aliphatic hydroxyl groups excluding tert-OH is 1. The van der Waals surface area contributed by atoms with Crippen molar-refractivity contribution in [2.45, 2.75) is 44.9 Å². The van der Waals surface area contributed by atoms with Crippen LogP contribution in [0.3, 0.4) is 0 Å². The monoisotopic (exact) mass is 386 g/mol. The third-order valence-corrected chi connectivity index (χ3v) is 4.06. The van der Waals surface area contributed by atoms with Crippen molar-refractivity contribution in [2.75, 3.05) is 7.11 Å². The number of rotatable bonds is 6. The Morgan fingerprint density at radius 2 is 1.71 bits per heavy atom. The van der Waals surface area contributed by atoms with Crippen molar-refractivity contribution in [2.24, 2.45) is 5.73 Å². The Hall–Kier alpha value is -2.77. The number of aromatic nitrogens is 1. The minimum absolute atomic E-state index is 0.0624. The molecule has 1 atom stereocenters. The lowest BCUT2D eigenvalue weighted by atomic mass is 9.90. The number of benzene rings is 1. The molecule has 0 radical (unpaired) electrons. The van der Waals surface area contributed by atoms with Crippen LogP contribution in [0.25, 0.3) is 11.1 Å². The van der Waals surface area contributed by atoms with Gasteiger partial charge in [0.05, 0.1) is 19.4 Å². The molecule has 0 fully saturated rings. The second-order valence-corrected chi connectivity index (χ2v) is 7.53. The Morgan fingerprint density at radius 3 is 2.25 bits per heavy atom. The Bertz CT molecular complexity index is 843. The van der Waals surface area contributed by atoms with E-state index < -0.39 is 23.1 Å². The second kappa shape index (κ2) is 8.50. The molecule has 7 heteroatoms. The number of hydrogen-bond donors (Lipinski definition) is 2. The first-order chi connectivity index (χ1) is 13.1. The molecule has 3 N–H and O–H groups in total. The summed E-state index contributed by atoms with van der Waals surface area (Å²) in [6.45, 7) is 4.96. The van der Waals surface area contributed by atoms with Crippen LogP contribution in [0.4, 0.5) is 0 Å². The highest BCUT2D eigenvalue weighted by atomic mass is 16.6. The van der Waals surface area contributed by atoms with Crippen LogP contribution in [0.5, 0.6) is 0 Å². The molecule has 7 nitrogen and oxygen atoms in total. The predicted molar refractivity (Wildman–Crippen MR) is 104 cm³/mol. The minimum Gasteiger partial charge on any atom is -0.467 e. The molecule has 1 aromatic carbocycles. The first-order valence-corrected chi connectivity index (χ1v) is 8.85. The molecule has 0 saturated carbocycles. The number of aliphatic hydroxyl groups is 1. The van der Waals surface area contributed by atoms with Crippen LogP contribution in [0, 0.1) is 0 Å². The van der Waals surface area contributed by atoms with Crippen LogP contribution in [-0.2, 0) is 32.1 Å². The van der Waals surface area contributed by atoms with E-state index in [0.717, 1.165) is 11.1 Å². The van der Waals surface area contributed by atoms with Gasteiger partial charge < -0.3 is 20.3 Å². The van der Waals surface area contributed by atoms with Crippen molar-refractivity contribution in [3.63, 3.8) is 0 Å². The summed E-state index contributed by atoms with van der Waals surface area (Å²) in [6, 6.07) is 10.9. The van der Waals surface area contributed by atoms with Crippen molar-refractivity contribution < 1.29 is 24.2 Å². The van der Waals surface area contributed by atoms with Gasteiger partial charge in [0.2, 0.25) is 5.54 Å². The zero-order valence-electron chi connectivity index (χ0n) is 16.6. The lowest BCUT2D eigenvalue weighted by Gasteiger charge is -2.29. The molecular weight excluding hydrogens is 360 g/mol. The average Bonchev–Trinajstić information content (AvgIpc) is 2.66. The molecule has 0 bridgehead atoms. The van der Waals surface area contributed by atoms with Crippen LogP contribution in [-0.4, -0.2) is 40.3 Å². The zero-order valence-corrected chi connectivity index (χ0v) is 16.6. The molecule has 1 heterocycles. The maximum atomic E-state index is 12.6. The van der Waals surface area contributed by atoms with Crippen LogP contribution in [0.1, 0.15) is 32.0 Å². The van der Waals surface area contributed by atoms with E-state index in [1.54, 1.807) is 45.2 Å². The molecule has 1 aromatic heterocycles. The summed E-state index contributed by atoms with van der Waals surface area (Å²) in [6.07, 6.45) is 1.56.